The molecule has 3 aliphatic heterocycles. The van der Waals surface area contributed by atoms with Crippen molar-refractivity contribution in [3.05, 3.63) is 70.4 Å². The number of carbonyl (C=O) groups excluding carboxylic acids is 1. The third-order valence-corrected chi connectivity index (χ3v) is 7.09. The number of rotatable bonds is 1. The first kappa shape index (κ1) is 17.6. The van der Waals surface area contributed by atoms with Crippen molar-refractivity contribution >= 4 is 28.4 Å². The zero-order chi connectivity index (χ0) is 19.1. The molecule has 0 unspecified atom stereocenters. The molecule has 0 bridgehead atoms. The maximum atomic E-state index is 12.5. The molecule has 142 valence electrons. The monoisotopic (exact) mass is 391 g/mol. The van der Waals surface area contributed by atoms with Gasteiger partial charge in [0.1, 0.15) is 0 Å². The van der Waals surface area contributed by atoms with Crippen LogP contribution in [-0.2, 0) is 21.7 Å². The van der Waals surface area contributed by atoms with E-state index in [-0.39, 0.29) is 11.5 Å². The Bertz CT molecular complexity index is 992. The predicted octanol–water partition coefficient (Wildman–Crippen LogP) is 3.96. The maximum Gasteiger partial charge on any atom is 0.286 e. The van der Waals surface area contributed by atoms with Crippen LogP contribution >= 0.6 is 11.8 Å². The fraction of sp³-hybridized carbons (Fsp3) is 0.318. The van der Waals surface area contributed by atoms with Gasteiger partial charge in [0.25, 0.3) is 5.91 Å². The molecule has 1 fully saturated rings. The third-order valence-electron chi connectivity index (χ3n) is 5.87. The van der Waals surface area contributed by atoms with E-state index in [1.807, 2.05) is 19.1 Å². The number of nitrogens with zero attached hydrogens (tertiary/aromatic N) is 3. The zero-order valence-electron chi connectivity index (χ0n) is 15.7. The summed E-state index contributed by atoms with van der Waals surface area (Å²) in [6.07, 6.45) is 5.35. The molecule has 5 rings (SSSR count). The van der Waals surface area contributed by atoms with Gasteiger partial charge in [-0.05, 0) is 59.9 Å². The molecule has 0 N–H and O–H groups in total. The van der Waals surface area contributed by atoms with Gasteiger partial charge in [-0.25, -0.2) is 0 Å². The number of hydrogen-bond donors (Lipinski definition) is 0. The van der Waals surface area contributed by atoms with Crippen LogP contribution in [0, 0.1) is 0 Å². The van der Waals surface area contributed by atoms with Gasteiger partial charge in [-0.1, -0.05) is 30.3 Å². The number of ether oxygens (including phenoxy) is 1. The number of allylic oxidation sites excluding steroid dienone is 1. The molecule has 1 saturated heterocycles. The molecule has 5 nitrogen and oxygen atoms in total. The summed E-state index contributed by atoms with van der Waals surface area (Å²) in [4.78, 5) is 23.9. The van der Waals surface area contributed by atoms with Crippen molar-refractivity contribution in [3.8, 4) is 0 Å². The second-order valence-corrected chi connectivity index (χ2v) is 8.40. The largest absolute Gasteiger partial charge is 0.365 e. The smallest absolute Gasteiger partial charge is 0.286 e. The number of benzene rings is 1. The highest BCUT2D eigenvalue weighted by molar-refractivity contribution is 8.18. The summed E-state index contributed by atoms with van der Waals surface area (Å²) in [6.45, 7) is 4.34. The van der Waals surface area contributed by atoms with E-state index in [9.17, 15) is 4.79 Å². The Morgan fingerprint density at radius 3 is 2.79 bits per heavy atom. The van der Waals surface area contributed by atoms with Crippen LogP contribution in [0.15, 0.2) is 58.7 Å². The SMILES string of the molecule is C/C(=C1/SC(N2CCC3(CC2)OCc2ccccc23)=NC1=O)c1cccnc1. The van der Waals surface area contributed by atoms with E-state index in [0.717, 1.165) is 42.2 Å². The van der Waals surface area contributed by atoms with E-state index in [1.165, 1.54) is 22.9 Å². The van der Waals surface area contributed by atoms with E-state index in [2.05, 4.69) is 39.1 Å². The Hall–Kier alpha value is -2.44. The molecule has 0 atom stereocenters. The number of aliphatic imine (C=N–C) groups is 1. The molecule has 4 heterocycles. The third kappa shape index (κ3) is 2.88. The minimum Gasteiger partial charge on any atom is -0.365 e. The van der Waals surface area contributed by atoms with Crippen molar-refractivity contribution in [1.82, 2.24) is 9.88 Å². The van der Waals surface area contributed by atoms with Gasteiger partial charge in [0, 0.05) is 25.5 Å². The number of carbonyl (C=O) groups is 1. The van der Waals surface area contributed by atoms with Crippen molar-refractivity contribution in [2.75, 3.05) is 13.1 Å². The van der Waals surface area contributed by atoms with Crippen molar-refractivity contribution in [3.63, 3.8) is 0 Å². The molecule has 6 heteroatoms. The van der Waals surface area contributed by atoms with Crippen LogP contribution in [0.4, 0.5) is 0 Å². The Morgan fingerprint density at radius 2 is 2.00 bits per heavy atom. The second kappa shape index (κ2) is 6.87. The highest BCUT2D eigenvalue weighted by atomic mass is 32.2. The van der Waals surface area contributed by atoms with Crippen molar-refractivity contribution in [1.29, 1.82) is 0 Å². The zero-order valence-corrected chi connectivity index (χ0v) is 16.5. The Morgan fingerprint density at radius 1 is 1.18 bits per heavy atom. The van der Waals surface area contributed by atoms with Gasteiger partial charge in [0.05, 0.1) is 17.1 Å². The lowest BCUT2D eigenvalue weighted by atomic mass is 9.84. The lowest BCUT2D eigenvalue weighted by Gasteiger charge is -2.39. The standard InChI is InChI=1S/C22H21N3O2S/c1-15(16-6-4-10-23-13-16)19-20(26)24-21(28-19)25-11-8-22(9-12-25)18-7-3-2-5-17(18)14-27-22/h2-7,10,13H,8-9,11-12,14H2,1H3/b19-15-. The highest BCUT2D eigenvalue weighted by Crippen LogP contribution is 2.45. The van der Waals surface area contributed by atoms with Crippen LogP contribution in [0.25, 0.3) is 5.57 Å². The van der Waals surface area contributed by atoms with E-state index < -0.39 is 0 Å². The Balaban J connectivity index is 1.32. The molecule has 0 radical (unpaired) electrons. The maximum absolute atomic E-state index is 12.5. The Labute approximate surface area is 168 Å². The summed E-state index contributed by atoms with van der Waals surface area (Å²) >= 11 is 1.48. The topological polar surface area (TPSA) is 54.8 Å². The first-order valence-electron chi connectivity index (χ1n) is 9.56. The summed E-state index contributed by atoms with van der Waals surface area (Å²) in [5.41, 5.74) is 4.35. The predicted molar refractivity (Wildman–Crippen MR) is 111 cm³/mol. The van der Waals surface area contributed by atoms with Crippen LogP contribution in [-0.4, -0.2) is 34.0 Å². The van der Waals surface area contributed by atoms with Gasteiger partial charge < -0.3 is 9.64 Å². The number of piperidine rings is 1. The number of pyridine rings is 1. The highest BCUT2D eigenvalue weighted by Gasteiger charge is 2.43. The molecule has 3 aliphatic rings. The number of likely N-dealkylation sites (tertiary alicyclic amines) is 1. The van der Waals surface area contributed by atoms with Crippen LogP contribution in [0.2, 0.25) is 0 Å². The molecular weight excluding hydrogens is 370 g/mol. The van der Waals surface area contributed by atoms with Gasteiger partial charge >= 0.3 is 0 Å². The molecule has 2 aromatic rings. The van der Waals surface area contributed by atoms with Crippen LogP contribution in [0.1, 0.15) is 36.5 Å². The second-order valence-electron chi connectivity index (χ2n) is 7.42. The molecule has 1 aromatic heterocycles. The minimum atomic E-state index is -0.175. The number of amides is 1. The lowest BCUT2D eigenvalue weighted by Crippen LogP contribution is -2.44. The average Bonchev–Trinajstić information content (AvgIpc) is 3.30. The molecule has 1 aromatic carbocycles. The summed E-state index contributed by atoms with van der Waals surface area (Å²) in [6, 6.07) is 12.4. The van der Waals surface area contributed by atoms with Crippen molar-refractivity contribution in [2.45, 2.75) is 32.0 Å². The number of fused-ring (bicyclic) bond motifs is 2. The van der Waals surface area contributed by atoms with E-state index >= 15 is 0 Å². The molecule has 1 spiro atoms. The molecular formula is C22H21N3O2S. The van der Waals surface area contributed by atoms with Gasteiger partial charge in [0.15, 0.2) is 5.17 Å². The summed E-state index contributed by atoms with van der Waals surface area (Å²) in [5, 5.41) is 0.810. The molecule has 28 heavy (non-hydrogen) atoms. The first-order chi connectivity index (χ1) is 13.7. The van der Waals surface area contributed by atoms with E-state index in [0.29, 0.717) is 11.5 Å². The van der Waals surface area contributed by atoms with Gasteiger partial charge in [0.2, 0.25) is 0 Å². The van der Waals surface area contributed by atoms with Crippen LogP contribution < -0.4 is 0 Å². The summed E-state index contributed by atoms with van der Waals surface area (Å²) in [7, 11) is 0. The van der Waals surface area contributed by atoms with Crippen LogP contribution in [0.3, 0.4) is 0 Å². The number of amidine groups is 1. The van der Waals surface area contributed by atoms with E-state index in [1.54, 1.807) is 12.4 Å². The fourth-order valence-electron chi connectivity index (χ4n) is 4.24. The molecule has 1 amide bonds. The number of aromatic nitrogens is 1. The fourth-order valence-corrected chi connectivity index (χ4v) is 5.27. The molecule has 0 aliphatic carbocycles. The minimum absolute atomic E-state index is 0.149. The number of hydrogen-bond acceptors (Lipinski definition) is 5. The van der Waals surface area contributed by atoms with Gasteiger partial charge in [-0.15, -0.1) is 0 Å². The summed E-state index contributed by atoms with van der Waals surface area (Å²) < 4.78 is 6.24. The quantitative estimate of drug-likeness (QED) is 0.689. The van der Waals surface area contributed by atoms with Crippen molar-refractivity contribution < 1.29 is 9.53 Å². The summed E-state index contributed by atoms with van der Waals surface area (Å²) in [5.74, 6) is -0.149. The van der Waals surface area contributed by atoms with Gasteiger partial charge in [-0.2, -0.15) is 4.99 Å². The normalized spacial score (nSPS) is 22.4. The molecule has 0 saturated carbocycles. The van der Waals surface area contributed by atoms with Gasteiger partial charge in [-0.3, -0.25) is 9.78 Å². The first-order valence-corrected chi connectivity index (χ1v) is 10.4. The number of thioether (sulfide) groups is 1. The van der Waals surface area contributed by atoms with Crippen molar-refractivity contribution in [2.24, 2.45) is 4.99 Å². The van der Waals surface area contributed by atoms with Crippen LogP contribution in [0.5, 0.6) is 0 Å². The van der Waals surface area contributed by atoms with E-state index in [4.69, 9.17) is 4.74 Å². The average molecular weight is 391 g/mol. The lowest BCUT2D eigenvalue weighted by molar-refractivity contribution is -0.113. The Kier molecular flexibility index (Phi) is 4.33.